The van der Waals surface area contributed by atoms with Crippen molar-refractivity contribution in [1.29, 1.82) is 0 Å². The maximum Gasteiger partial charge on any atom is 0.231 e. The molecule has 0 unspecified atom stereocenters. The topological polar surface area (TPSA) is 99.9 Å². The summed E-state index contributed by atoms with van der Waals surface area (Å²) in [5.41, 5.74) is 7.30. The van der Waals surface area contributed by atoms with E-state index in [1.807, 2.05) is 0 Å². The minimum absolute atomic E-state index is 0.0575. The lowest BCUT2D eigenvalue weighted by molar-refractivity contribution is -0.116. The van der Waals surface area contributed by atoms with Crippen LogP contribution in [0.15, 0.2) is 36.4 Å². The van der Waals surface area contributed by atoms with Gasteiger partial charge in [-0.1, -0.05) is 19.8 Å². The SMILES string of the molecule is CCCCCOc1ccc(C(=O)CCC(=O)Nc2cc3c(cc2N)OCO3)cc1. The highest BCUT2D eigenvalue weighted by Crippen LogP contribution is 2.38. The first-order valence-electron chi connectivity index (χ1n) is 9.82. The van der Waals surface area contributed by atoms with Crippen molar-refractivity contribution < 1.29 is 23.8 Å². The fraction of sp³-hybridized carbons (Fsp3) is 0.364. The van der Waals surface area contributed by atoms with E-state index in [4.69, 9.17) is 19.9 Å². The van der Waals surface area contributed by atoms with Crippen molar-refractivity contribution in [3.8, 4) is 17.2 Å². The van der Waals surface area contributed by atoms with Gasteiger partial charge in [-0.15, -0.1) is 0 Å². The molecular formula is C22H26N2O5. The molecule has 0 bridgehead atoms. The van der Waals surface area contributed by atoms with Crippen LogP contribution in [0, 0.1) is 0 Å². The molecule has 0 saturated heterocycles. The maximum absolute atomic E-state index is 12.4. The molecule has 1 aliphatic rings. The molecule has 7 heteroatoms. The molecule has 29 heavy (non-hydrogen) atoms. The van der Waals surface area contributed by atoms with E-state index in [1.54, 1.807) is 36.4 Å². The van der Waals surface area contributed by atoms with Gasteiger partial charge in [-0.25, -0.2) is 0 Å². The number of fused-ring (bicyclic) bond motifs is 1. The Labute approximate surface area is 170 Å². The Morgan fingerprint density at radius 2 is 1.79 bits per heavy atom. The number of ether oxygens (including phenoxy) is 3. The molecule has 0 fully saturated rings. The highest BCUT2D eigenvalue weighted by Gasteiger charge is 2.17. The summed E-state index contributed by atoms with van der Waals surface area (Å²) in [7, 11) is 0. The summed E-state index contributed by atoms with van der Waals surface area (Å²) in [4.78, 5) is 24.6. The predicted octanol–water partition coefficient (Wildman–Crippen LogP) is 4.17. The number of amides is 1. The molecule has 0 saturated carbocycles. The number of anilines is 2. The van der Waals surface area contributed by atoms with Crippen LogP contribution in [0.3, 0.4) is 0 Å². The normalized spacial score (nSPS) is 11.9. The van der Waals surface area contributed by atoms with Gasteiger partial charge in [0.15, 0.2) is 17.3 Å². The number of rotatable bonds is 10. The van der Waals surface area contributed by atoms with Crippen molar-refractivity contribution in [1.82, 2.24) is 0 Å². The van der Waals surface area contributed by atoms with Gasteiger partial charge in [0.05, 0.1) is 18.0 Å². The van der Waals surface area contributed by atoms with Crippen LogP contribution in [0.2, 0.25) is 0 Å². The Hall–Kier alpha value is -3.22. The number of ketones is 1. The first kappa shape index (κ1) is 20.5. The van der Waals surface area contributed by atoms with E-state index in [2.05, 4.69) is 12.2 Å². The summed E-state index contributed by atoms with van der Waals surface area (Å²) >= 11 is 0. The van der Waals surface area contributed by atoms with Crippen molar-refractivity contribution in [2.24, 2.45) is 0 Å². The van der Waals surface area contributed by atoms with Crippen LogP contribution in [0.1, 0.15) is 49.4 Å². The summed E-state index contributed by atoms with van der Waals surface area (Å²) in [5, 5.41) is 2.72. The molecule has 0 spiro atoms. The average molecular weight is 398 g/mol. The van der Waals surface area contributed by atoms with E-state index in [-0.39, 0.29) is 31.3 Å². The Balaban J connectivity index is 1.47. The third-order valence-electron chi connectivity index (χ3n) is 4.59. The molecule has 0 radical (unpaired) electrons. The van der Waals surface area contributed by atoms with Gasteiger partial charge in [0.1, 0.15) is 5.75 Å². The molecule has 3 N–H and O–H groups in total. The molecule has 1 heterocycles. The molecule has 0 atom stereocenters. The Kier molecular flexibility index (Phi) is 6.94. The van der Waals surface area contributed by atoms with E-state index in [0.29, 0.717) is 35.0 Å². The molecule has 154 valence electrons. The molecular weight excluding hydrogens is 372 g/mol. The second kappa shape index (κ2) is 9.82. The Morgan fingerprint density at radius 1 is 1.07 bits per heavy atom. The largest absolute Gasteiger partial charge is 0.494 e. The standard InChI is InChI=1S/C22H26N2O5/c1-2-3-4-11-27-16-7-5-15(6-8-16)19(25)9-10-22(26)24-18-13-21-20(12-17(18)23)28-14-29-21/h5-8,12-13H,2-4,9-11,14,23H2,1H3,(H,24,26). The summed E-state index contributed by atoms with van der Waals surface area (Å²) < 4.78 is 16.2. The van der Waals surface area contributed by atoms with Gasteiger partial charge in [0, 0.05) is 30.5 Å². The van der Waals surface area contributed by atoms with Crippen LogP contribution in [0.25, 0.3) is 0 Å². The molecule has 2 aromatic rings. The van der Waals surface area contributed by atoms with Crippen LogP contribution in [0.5, 0.6) is 17.2 Å². The zero-order valence-corrected chi connectivity index (χ0v) is 16.5. The van der Waals surface area contributed by atoms with Crippen molar-refractivity contribution in [3.05, 3.63) is 42.0 Å². The second-order valence-electron chi connectivity index (χ2n) is 6.84. The summed E-state index contributed by atoms with van der Waals surface area (Å²) in [6.07, 6.45) is 3.46. The molecule has 2 aromatic carbocycles. The molecule has 1 amide bonds. The number of unbranched alkanes of at least 4 members (excludes halogenated alkanes) is 2. The van der Waals surface area contributed by atoms with Crippen LogP contribution in [-0.2, 0) is 4.79 Å². The van der Waals surface area contributed by atoms with Gasteiger partial charge >= 0.3 is 0 Å². The van der Waals surface area contributed by atoms with E-state index < -0.39 is 0 Å². The number of carbonyl (C=O) groups excluding carboxylic acids is 2. The predicted molar refractivity (Wildman–Crippen MR) is 111 cm³/mol. The third-order valence-corrected chi connectivity index (χ3v) is 4.59. The molecule has 7 nitrogen and oxygen atoms in total. The minimum atomic E-state index is -0.292. The molecule has 0 aromatic heterocycles. The molecule has 0 aliphatic carbocycles. The summed E-state index contributed by atoms with van der Waals surface area (Å²) in [6.45, 7) is 2.94. The van der Waals surface area contributed by atoms with Crippen LogP contribution in [-0.4, -0.2) is 25.1 Å². The fourth-order valence-electron chi connectivity index (χ4n) is 2.93. The van der Waals surface area contributed by atoms with Crippen LogP contribution in [0.4, 0.5) is 11.4 Å². The van der Waals surface area contributed by atoms with Crippen molar-refractivity contribution in [3.63, 3.8) is 0 Å². The number of nitrogens with two attached hydrogens (primary N) is 1. The van der Waals surface area contributed by atoms with Crippen molar-refractivity contribution in [2.75, 3.05) is 24.5 Å². The van der Waals surface area contributed by atoms with Gasteiger partial charge < -0.3 is 25.3 Å². The van der Waals surface area contributed by atoms with E-state index in [1.165, 1.54) is 0 Å². The van der Waals surface area contributed by atoms with Gasteiger partial charge in [0.25, 0.3) is 0 Å². The number of benzene rings is 2. The summed E-state index contributed by atoms with van der Waals surface area (Å²) in [5.74, 6) is 1.43. The maximum atomic E-state index is 12.4. The smallest absolute Gasteiger partial charge is 0.231 e. The van der Waals surface area contributed by atoms with Crippen molar-refractivity contribution >= 4 is 23.1 Å². The summed E-state index contributed by atoms with van der Waals surface area (Å²) in [6, 6.07) is 10.3. The third kappa shape index (κ3) is 5.63. The second-order valence-corrected chi connectivity index (χ2v) is 6.84. The van der Waals surface area contributed by atoms with E-state index in [0.717, 1.165) is 25.0 Å². The minimum Gasteiger partial charge on any atom is -0.494 e. The lowest BCUT2D eigenvalue weighted by Gasteiger charge is -2.09. The fourth-order valence-corrected chi connectivity index (χ4v) is 2.93. The van der Waals surface area contributed by atoms with E-state index in [9.17, 15) is 9.59 Å². The Bertz CT molecular complexity index is 864. The quantitative estimate of drug-likeness (QED) is 0.354. The first-order valence-corrected chi connectivity index (χ1v) is 9.82. The van der Waals surface area contributed by atoms with Crippen molar-refractivity contribution in [2.45, 2.75) is 39.0 Å². The average Bonchev–Trinajstić information content (AvgIpc) is 3.17. The number of hydrogen-bond donors (Lipinski definition) is 2. The monoisotopic (exact) mass is 398 g/mol. The number of nitrogens with one attached hydrogen (secondary N) is 1. The van der Waals surface area contributed by atoms with Gasteiger partial charge in [-0.05, 0) is 30.7 Å². The zero-order valence-electron chi connectivity index (χ0n) is 16.5. The first-order chi connectivity index (χ1) is 14.1. The lowest BCUT2D eigenvalue weighted by Crippen LogP contribution is -2.14. The Morgan fingerprint density at radius 3 is 2.52 bits per heavy atom. The van der Waals surface area contributed by atoms with E-state index >= 15 is 0 Å². The number of hydrogen-bond acceptors (Lipinski definition) is 6. The van der Waals surface area contributed by atoms with Gasteiger partial charge in [-0.3, -0.25) is 9.59 Å². The van der Waals surface area contributed by atoms with Crippen LogP contribution < -0.4 is 25.3 Å². The number of Topliss-reactive ketones (excluding diaryl/α,β-unsaturated/α-hetero) is 1. The van der Waals surface area contributed by atoms with Gasteiger partial charge in [-0.2, -0.15) is 0 Å². The lowest BCUT2D eigenvalue weighted by atomic mass is 10.1. The highest BCUT2D eigenvalue weighted by molar-refractivity contribution is 6.01. The van der Waals surface area contributed by atoms with Crippen LogP contribution >= 0.6 is 0 Å². The number of carbonyl (C=O) groups is 2. The molecule has 1 aliphatic heterocycles. The molecule has 3 rings (SSSR count). The zero-order chi connectivity index (χ0) is 20.6. The van der Waals surface area contributed by atoms with Gasteiger partial charge in [0.2, 0.25) is 12.7 Å². The highest BCUT2D eigenvalue weighted by atomic mass is 16.7. The number of nitrogen functional groups attached to an aromatic ring is 1.